The van der Waals surface area contributed by atoms with Gasteiger partial charge in [-0.05, 0) is 50.1 Å². The molecule has 2 heterocycles. The van der Waals surface area contributed by atoms with Crippen molar-refractivity contribution in [1.29, 1.82) is 0 Å². The number of fused-ring (bicyclic) bond motifs is 1. The fourth-order valence-electron chi connectivity index (χ4n) is 3.57. The first kappa shape index (κ1) is 21.3. The molecule has 2 aromatic carbocycles. The van der Waals surface area contributed by atoms with Crippen molar-refractivity contribution in [2.45, 2.75) is 26.8 Å². The molecule has 31 heavy (non-hydrogen) atoms. The lowest BCUT2D eigenvalue weighted by Crippen LogP contribution is -2.39. The summed E-state index contributed by atoms with van der Waals surface area (Å²) in [6.07, 6.45) is 1.82. The Bertz CT molecular complexity index is 1350. The second-order valence-electron chi connectivity index (χ2n) is 7.26. The van der Waals surface area contributed by atoms with E-state index < -0.39 is 12.0 Å². The summed E-state index contributed by atoms with van der Waals surface area (Å²) in [5.41, 5.74) is 3.54. The van der Waals surface area contributed by atoms with Gasteiger partial charge >= 0.3 is 5.97 Å². The molecular formula is C24H21ClN2O3S. The zero-order chi connectivity index (χ0) is 22.1. The van der Waals surface area contributed by atoms with Crippen LogP contribution in [0.3, 0.4) is 0 Å². The number of esters is 1. The fourth-order valence-corrected chi connectivity index (χ4v) is 4.74. The molecule has 1 atom stereocenters. The third-order valence-electron chi connectivity index (χ3n) is 5.08. The van der Waals surface area contributed by atoms with E-state index in [4.69, 9.17) is 16.3 Å². The highest BCUT2D eigenvalue weighted by molar-refractivity contribution is 7.07. The van der Waals surface area contributed by atoms with Gasteiger partial charge in [-0.2, -0.15) is 0 Å². The van der Waals surface area contributed by atoms with Crippen LogP contribution in [0.4, 0.5) is 0 Å². The minimum Gasteiger partial charge on any atom is -0.463 e. The monoisotopic (exact) mass is 452 g/mol. The van der Waals surface area contributed by atoms with E-state index in [0.717, 1.165) is 16.7 Å². The number of allylic oxidation sites excluding steroid dienone is 1. The van der Waals surface area contributed by atoms with E-state index in [1.54, 1.807) is 30.5 Å². The smallest absolute Gasteiger partial charge is 0.338 e. The highest BCUT2D eigenvalue weighted by atomic mass is 35.5. The van der Waals surface area contributed by atoms with E-state index in [2.05, 4.69) is 4.99 Å². The molecule has 0 radical (unpaired) electrons. The molecule has 0 unspecified atom stereocenters. The van der Waals surface area contributed by atoms with Crippen LogP contribution < -0.4 is 14.9 Å². The van der Waals surface area contributed by atoms with Gasteiger partial charge in [-0.3, -0.25) is 9.36 Å². The van der Waals surface area contributed by atoms with Gasteiger partial charge < -0.3 is 4.74 Å². The summed E-state index contributed by atoms with van der Waals surface area (Å²) in [4.78, 5) is 31.4. The average molecular weight is 453 g/mol. The number of ether oxygens (including phenoxy) is 1. The highest BCUT2D eigenvalue weighted by Gasteiger charge is 2.33. The summed E-state index contributed by atoms with van der Waals surface area (Å²) in [5, 5.41) is 0.632. The van der Waals surface area contributed by atoms with Crippen molar-refractivity contribution in [1.82, 2.24) is 4.57 Å². The van der Waals surface area contributed by atoms with Gasteiger partial charge in [0.05, 0.1) is 28.5 Å². The predicted molar refractivity (Wildman–Crippen MR) is 123 cm³/mol. The van der Waals surface area contributed by atoms with Gasteiger partial charge in [0.2, 0.25) is 0 Å². The molecule has 0 saturated heterocycles. The van der Waals surface area contributed by atoms with Gasteiger partial charge in [0.1, 0.15) is 0 Å². The van der Waals surface area contributed by atoms with E-state index in [1.165, 1.54) is 11.3 Å². The number of benzene rings is 2. The summed E-state index contributed by atoms with van der Waals surface area (Å²) >= 11 is 7.27. The molecule has 0 bridgehead atoms. The van der Waals surface area contributed by atoms with Crippen LogP contribution in [0.1, 0.15) is 36.6 Å². The number of rotatable bonds is 4. The molecule has 0 N–H and O–H groups in total. The summed E-state index contributed by atoms with van der Waals surface area (Å²) < 4.78 is 7.44. The summed E-state index contributed by atoms with van der Waals surface area (Å²) in [7, 11) is 0. The maximum absolute atomic E-state index is 13.4. The third-order valence-corrected chi connectivity index (χ3v) is 6.31. The zero-order valence-electron chi connectivity index (χ0n) is 17.4. The van der Waals surface area contributed by atoms with Crippen LogP contribution in [0.2, 0.25) is 5.02 Å². The molecule has 4 rings (SSSR count). The van der Waals surface area contributed by atoms with Crippen molar-refractivity contribution in [3.63, 3.8) is 0 Å². The molecule has 158 valence electrons. The normalized spacial score (nSPS) is 16.1. The molecule has 0 fully saturated rings. The van der Waals surface area contributed by atoms with Crippen LogP contribution >= 0.6 is 22.9 Å². The van der Waals surface area contributed by atoms with E-state index in [0.29, 0.717) is 25.6 Å². The van der Waals surface area contributed by atoms with Crippen molar-refractivity contribution < 1.29 is 9.53 Å². The molecule has 0 aliphatic carbocycles. The maximum atomic E-state index is 13.4. The number of hydrogen-bond acceptors (Lipinski definition) is 5. The van der Waals surface area contributed by atoms with Crippen molar-refractivity contribution in [3.8, 4) is 0 Å². The lowest BCUT2D eigenvalue weighted by Gasteiger charge is -2.24. The lowest BCUT2D eigenvalue weighted by atomic mass is 9.95. The summed E-state index contributed by atoms with van der Waals surface area (Å²) in [5.74, 6) is -0.457. The van der Waals surface area contributed by atoms with Gasteiger partial charge in [-0.25, -0.2) is 9.79 Å². The molecule has 1 aliphatic rings. The Balaban J connectivity index is 1.94. The number of thiazole rings is 1. The maximum Gasteiger partial charge on any atom is 0.338 e. The standard InChI is InChI=1S/C24H21ClN2O3S/c1-4-30-23(29)20-15(3)26-24-27(21(20)17-9-5-14(2)6-10-17)22(28)19(31-24)13-16-7-11-18(25)12-8-16/h5-13,21H,4H2,1-3H3/t21-/m0/s1. The Labute approximate surface area is 188 Å². The average Bonchev–Trinajstić information content (AvgIpc) is 3.04. The van der Waals surface area contributed by atoms with Gasteiger partial charge in [0.15, 0.2) is 4.80 Å². The molecule has 0 spiro atoms. The second kappa shape index (κ2) is 8.65. The lowest BCUT2D eigenvalue weighted by molar-refractivity contribution is -0.139. The topological polar surface area (TPSA) is 60.7 Å². The van der Waals surface area contributed by atoms with Gasteiger partial charge in [0, 0.05) is 5.02 Å². The molecule has 3 aromatic rings. The van der Waals surface area contributed by atoms with Gasteiger partial charge in [-0.1, -0.05) is 64.9 Å². The fraction of sp³-hybridized carbons (Fsp3) is 0.208. The van der Waals surface area contributed by atoms with E-state index in [-0.39, 0.29) is 12.2 Å². The van der Waals surface area contributed by atoms with Crippen LogP contribution in [0, 0.1) is 6.92 Å². The van der Waals surface area contributed by atoms with Crippen LogP contribution in [0.15, 0.2) is 69.6 Å². The molecule has 1 aromatic heterocycles. The highest BCUT2D eigenvalue weighted by Crippen LogP contribution is 2.30. The zero-order valence-corrected chi connectivity index (χ0v) is 19.0. The van der Waals surface area contributed by atoms with Crippen LogP contribution in [0.25, 0.3) is 6.08 Å². The molecule has 1 aliphatic heterocycles. The van der Waals surface area contributed by atoms with Gasteiger partial charge in [0.25, 0.3) is 5.56 Å². The number of carbonyl (C=O) groups excluding carboxylic acids is 1. The SMILES string of the molecule is CCOC(=O)C1=C(C)N=c2sc(=Cc3ccc(Cl)cc3)c(=O)n2[C@H]1c1ccc(C)cc1. The molecule has 0 saturated carbocycles. The van der Waals surface area contributed by atoms with Crippen molar-refractivity contribution in [2.24, 2.45) is 4.99 Å². The first-order valence-corrected chi connectivity index (χ1v) is 11.1. The van der Waals surface area contributed by atoms with E-state index in [1.807, 2.05) is 49.4 Å². The molecule has 0 amide bonds. The minimum atomic E-state index is -0.594. The predicted octanol–water partition coefficient (Wildman–Crippen LogP) is 3.76. The summed E-state index contributed by atoms with van der Waals surface area (Å²) in [6, 6.07) is 14.5. The first-order valence-electron chi connectivity index (χ1n) is 9.91. The Morgan fingerprint density at radius 3 is 2.48 bits per heavy atom. The van der Waals surface area contributed by atoms with Gasteiger partial charge in [-0.15, -0.1) is 0 Å². The number of hydrogen-bond donors (Lipinski definition) is 0. The first-order chi connectivity index (χ1) is 14.9. The molecule has 5 nitrogen and oxygen atoms in total. The largest absolute Gasteiger partial charge is 0.463 e. The molecule has 7 heteroatoms. The van der Waals surface area contributed by atoms with Crippen molar-refractivity contribution >= 4 is 35.0 Å². The second-order valence-corrected chi connectivity index (χ2v) is 8.71. The number of halogens is 1. The number of nitrogens with zero attached hydrogens (tertiary/aromatic N) is 2. The van der Waals surface area contributed by atoms with Crippen molar-refractivity contribution in [2.75, 3.05) is 6.61 Å². The quantitative estimate of drug-likeness (QED) is 0.566. The Hall–Kier alpha value is -2.96. The Morgan fingerprint density at radius 2 is 1.84 bits per heavy atom. The van der Waals surface area contributed by atoms with Crippen LogP contribution in [-0.4, -0.2) is 17.1 Å². The third kappa shape index (κ3) is 4.13. The number of carbonyl (C=O) groups is 1. The Kier molecular flexibility index (Phi) is 5.94. The minimum absolute atomic E-state index is 0.196. The summed E-state index contributed by atoms with van der Waals surface area (Å²) in [6.45, 7) is 5.78. The molecular weight excluding hydrogens is 432 g/mol. The van der Waals surface area contributed by atoms with Crippen LogP contribution in [-0.2, 0) is 9.53 Å². The number of aryl methyl sites for hydroxylation is 1. The van der Waals surface area contributed by atoms with Crippen molar-refractivity contribution in [3.05, 3.63) is 101 Å². The van der Waals surface area contributed by atoms with Crippen LogP contribution in [0.5, 0.6) is 0 Å². The Morgan fingerprint density at radius 1 is 1.16 bits per heavy atom. The number of aromatic nitrogens is 1. The van der Waals surface area contributed by atoms with E-state index >= 15 is 0 Å². The van der Waals surface area contributed by atoms with E-state index in [9.17, 15) is 9.59 Å².